The van der Waals surface area contributed by atoms with Crippen molar-refractivity contribution in [2.45, 2.75) is 19.3 Å². The van der Waals surface area contributed by atoms with E-state index in [9.17, 15) is 9.59 Å². The van der Waals surface area contributed by atoms with E-state index >= 15 is 0 Å². The van der Waals surface area contributed by atoms with Gasteiger partial charge in [0.1, 0.15) is 5.69 Å². The van der Waals surface area contributed by atoms with E-state index in [1.165, 1.54) is 12.6 Å². The maximum absolute atomic E-state index is 12.3. The molecule has 0 bridgehead atoms. The Morgan fingerprint density at radius 3 is 2.80 bits per heavy atom. The minimum absolute atomic E-state index is 0.0233. The smallest absolute Gasteiger partial charge is 0.270 e. The summed E-state index contributed by atoms with van der Waals surface area (Å²) in [5.41, 5.74) is 0.778. The van der Waals surface area contributed by atoms with Crippen molar-refractivity contribution in [1.29, 1.82) is 0 Å². The molecule has 2 amide bonds. The molecule has 5 heteroatoms. The maximum Gasteiger partial charge on any atom is 0.270 e. The lowest BCUT2D eigenvalue weighted by Gasteiger charge is -2.26. The van der Waals surface area contributed by atoms with Gasteiger partial charge in [-0.1, -0.05) is 6.08 Å². The molecule has 1 N–H and O–H groups in total. The molecule has 0 saturated carbocycles. The van der Waals surface area contributed by atoms with Crippen molar-refractivity contribution in [2.75, 3.05) is 19.6 Å². The lowest BCUT2D eigenvalue weighted by molar-refractivity contribution is 0.0724. The summed E-state index contributed by atoms with van der Waals surface area (Å²) >= 11 is 0. The highest BCUT2D eigenvalue weighted by Crippen LogP contribution is 2.13. The molecule has 106 valence electrons. The fourth-order valence-electron chi connectivity index (χ4n) is 2.22. The Kier molecular flexibility index (Phi) is 4.87. The van der Waals surface area contributed by atoms with Crippen LogP contribution in [-0.2, 0) is 0 Å². The van der Waals surface area contributed by atoms with Crippen LogP contribution in [0.25, 0.3) is 0 Å². The summed E-state index contributed by atoms with van der Waals surface area (Å²) in [6, 6.07) is 3.20. The van der Waals surface area contributed by atoms with Crippen molar-refractivity contribution in [3.8, 4) is 0 Å². The minimum atomic E-state index is -0.293. The van der Waals surface area contributed by atoms with Gasteiger partial charge in [0.25, 0.3) is 11.8 Å². The van der Waals surface area contributed by atoms with Crippen molar-refractivity contribution >= 4 is 11.8 Å². The van der Waals surface area contributed by atoms with E-state index in [-0.39, 0.29) is 17.5 Å². The van der Waals surface area contributed by atoms with Gasteiger partial charge in [-0.25, -0.2) is 0 Å². The maximum atomic E-state index is 12.3. The summed E-state index contributed by atoms with van der Waals surface area (Å²) in [6.07, 6.45) is 6.36. The van der Waals surface area contributed by atoms with E-state index in [0.717, 1.165) is 25.9 Å². The Balaban J connectivity index is 2.10. The number of aromatic nitrogens is 1. The van der Waals surface area contributed by atoms with Crippen LogP contribution in [0.3, 0.4) is 0 Å². The molecular formula is C15H19N3O2. The van der Waals surface area contributed by atoms with Gasteiger partial charge in [-0.3, -0.25) is 14.6 Å². The second-order valence-electron chi connectivity index (χ2n) is 4.78. The summed E-state index contributed by atoms with van der Waals surface area (Å²) in [4.78, 5) is 30.0. The van der Waals surface area contributed by atoms with Crippen molar-refractivity contribution in [3.63, 3.8) is 0 Å². The van der Waals surface area contributed by atoms with E-state index in [4.69, 9.17) is 0 Å². The molecule has 1 aromatic rings. The van der Waals surface area contributed by atoms with Gasteiger partial charge in [-0.05, 0) is 31.4 Å². The topological polar surface area (TPSA) is 62.3 Å². The number of hydrogen-bond donors (Lipinski definition) is 1. The van der Waals surface area contributed by atoms with Crippen LogP contribution in [0.5, 0.6) is 0 Å². The average Bonchev–Trinajstić information content (AvgIpc) is 2.52. The monoisotopic (exact) mass is 273 g/mol. The zero-order chi connectivity index (χ0) is 14.4. The third kappa shape index (κ3) is 3.44. The molecule has 1 fully saturated rings. The first-order valence-electron chi connectivity index (χ1n) is 6.87. The third-order valence-electron chi connectivity index (χ3n) is 3.29. The molecule has 2 heterocycles. The lowest BCUT2D eigenvalue weighted by Crippen LogP contribution is -2.35. The fraction of sp³-hybridized carbons (Fsp3) is 0.400. The molecule has 2 rings (SSSR count). The quantitative estimate of drug-likeness (QED) is 0.848. The van der Waals surface area contributed by atoms with Crippen molar-refractivity contribution in [2.24, 2.45) is 0 Å². The number of nitrogens with zero attached hydrogens (tertiary/aromatic N) is 2. The first-order valence-corrected chi connectivity index (χ1v) is 6.87. The van der Waals surface area contributed by atoms with E-state index in [0.29, 0.717) is 12.1 Å². The summed E-state index contributed by atoms with van der Waals surface area (Å²) in [5.74, 6) is -0.317. The van der Waals surface area contributed by atoms with Gasteiger partial charge in [0.2, 0.25) is 0 Å². The number of carbonyl (C=O) groups excluding carboxylic acids is 2. The highest BCUT2D eigenvalue weighted by atomic mass is 16.2. The largest absolute Gasteiger partial charge is 0.347 e. The van der Waals surface area contributed by atoms with Crippen LogP contribution in [0.2, 0.25) is 0 Å². The predicted octanol–water partition coefficient (Wildman–Crippen LogP) is 1.62. The van der Waals surface area contributed by atoms with Crippen LogP contribution in [0.4, 0.5) is 0 Å². The van der Waals surface area contributed by atoms with Gasteiger partial charge < -0.3 is 10.2 Å². The molecule has 0 radical (unpaired) electrons. The zero-order valence-electron chi connectivity index (χ0n) is 11.5. The molecule has 1 aliphatic rings. The summed E-state index contributed by atoms with van der Waals surface area (Å²) in [6.45, 7) is 5.50. The lowest BCUT2D eigenvalue weighted by atomic mass is 10.1. The van der Waals surface area contributed by atoms with Gasteiger partial charge in [-0.15, -0.1) is 6.58 Å². The summed E-state index contributed by atoms with van der Waals surface area (Å²) in [7, 11) is 0. The molecule has 5 nitrogen and oxygen atoms in total. The first-order chi connectivity index (χ1) is 9.72. The van der Waals surface area contributed by atoms with E-state index in [2.05, 4.69) is 16.9 Å². The second kappa shape index (κ2) is 6.84. The highest BCUT2D eigenvalue weighted by molar-refractivity contribution is 5.98. The Morgan fingerprint density at radius 2 is 2.10 bits per heavy atom. The number of nitrogens with one attached hydrogen (secondary N) is 1. The fourth-order valence-corrected chi connectivity index (χ4v) is 2.22. The Bertz CT molecular complexity index is 508. The number of pyridine rings is 1. The Labute approximate surface area is 118 Å². The normalized spacial score (nSPS) is 14.7. The Hall–Kier alpha value is -2.17. The van der Waals surface area contributed by atoms with Crippen molar-refractivity contribution in [3.05, 3.63) is 42.2 Å². The van der Waals surface area contributed by atoms with Gasteiger partial charge in [-0.2, -0.15) is 0 Å². The van der Waals surface area contributed by atoms with Gasteiger partial charge in [0, 0.05) is 31.4 Å². The molecule has 1 aliphatic heterocycles. The van der Waals surface area contributed by atoms with Crippen LogP contribution < -0.4 is 5.32 Å². The van der Waals surface area contributed by atoms with Crippen LogP contribution in [0.1, 0.15) is 40.1 Å². The van der Waals surface area contributed by atoms with E-state index in [1.807, 2.05) is 4.90 Å². The van der Waals surface area contributed by atoms with Crippen LogP contribution in [0.15, 0.2) is 31.0 Å². The molecule has 0 atom stereocenters. The molecule has 0 unspecified atom stereocenters. The third-order valence-corrected chi connectivity index (χ3v) is 3.29. The van der Waals surface area contributed by atoms with Crippen LogP contribution in [-0.4, -0.2) is 41.3 Å². The highest BCUT2D eigenvalue weighted by Gasteiger charge is 2.19. The average molecular weight is 273 g/mol. The SMILES string of the molecule is C=CCNC(=O)c1cc(C(=O)N2CCCCC2)ccn1. The molecule has 0 aromatic carbocycles. The van der Waals surface area contributed by atoms with E-state index < -0.39 is 0 Å². The first kappa shape index (κ1) is 14.2. The van der Waals surface area contributed by atoms with E-state index in [1.54, 1.807) is 18.2 Å². The molecule has 1 saturated heterocycles. The van der Waals surface area contributed by atoms with Gasteiger partial charge in [0.15, 0.2) is 0 Å². The molecule has 1 aromatic heterocycles. The van der Waals surface area contributed by atoms with Crippen LogP contribution >= 0.6 is 0 Å². The van der Waals surface area contributed by atoms with Gasteiger partial charge in [0.05, 0.1) is 0 Å². The molecule has 20 heavy (non-hydrogen) atoms. The van der Waals surface area contributed by atoms with Crippen molar-refractivity contribution in [1.82, 2.24) is 15.2 Å². The number of carbonyl (C=O) groups is 2. The number of rotatable bonds is 4. The minimum Gasteiger partial charge on any atom is -0.347 e. The number of likely N-dealkylation sites (tertiary alicyclic amines) is 1. The number of amides is 2. The second-order valence-corrected chi connectivity index (χ2v) is 4.78. The summed E-state index contributed by atoms with van der Waals surface area (Å²) in [5, 5.41) is 2.65. The van der Waals surface area contributed by atoms with Gasteiger partial charge >= 0.3 is 0 Å². The van der Waals surface area contributed by atoms with Crippen LogP contribution in [0, 0.1) is 0 Å². The Morgan fingerprint density at radius 1 is 1.35 bits per heavy atom. The van der Waals surface area contributed by atoms with Crippen molar-refractivity contribution < 1.29 is 9.59 Å². The number of piperidine rings is 1. The molecule has 0 spiro atoms. The predicted molar refractivity (Wildman–Crippen MR) is 76.5 cm³/mol. The number of hydrogen-bond acceptors (Lipinski definition) is 3. The summed E-state index contributed by atoms with van der Waals surface area (Å²) < 4.78 is 0. The molecular weight excluding hydrogens is 254 g/mol. The molecule has 0 aliphatic carbocycles. The zero-order valence-corrected chi connectivity index (χ0v) is 11.5. The standard InChI is InChI=1S/C15H19N3O2/c1-2-7-17-14(19)13-11-12(6-8-16-13)15(20)18-9-4-3-5-10-18/h2,6,8,11H,1,3-5,7,9-10H2,(H,17,19).